The van der Waals surface area contributed by atoms with E-state index in [9.17, 15) is 44.4 Å². The number of phenols is 2. The fraction of sp³-hybridized carbons (Fsp3) is 0.452. The number of nitrogen functional groups attached to an aromatic ring is 1. The van der Waals surface area contributed by atoms with Crippen LogP contribution in [0.3, 0.4) is 0 Å². The number of nitrogens with two attached hydrogens (primary N) is 1. The Kier molecular flexibility index (Phi) is 10.8. The summed E-state index contributed by atoms with van der Waals surface area (Å²) in [6, 6.07) is 1.39. The predicted octanol–water partition coefficient (Wildman–Crippen LogP) is 1.50. The van der Waals surface area contributed by atoms with Gasteiger partial charge in [0, 0.05) is 36.6 Å². The molecule has 0 saturated carbocycles. The van der Waals surface area contributed by atoms with Crippen LogP contribution in [-0.4, -0.2) is 138 Å². The Morgan fingerprint density at radius 1 is 1.22 bits per heavy atom. The van der Waals surface area contributed by atoms with Crippen molar-refractivity contribution in [1.82, 2.24) is 20.1 Å². The fourth-order valence-electron chi connectivity index (χ4n) is 6.07. The Balaban J connectivity index is 1.31. The van der Waals surface area contributed by atoms with Crippen molar-refractivity contribution in [3.63, 3.8) is 0 Å². The zero-order valence-electron chi connectivity index (χ0n) is 27.8. The number of quaternary nitrogens is 1. The number of aromatic hydroxyl groups is 2. The number of thioether (sulfide) groups is 1. The van der Waals surface area contributed by atoms with Gasteiger partial charge in [-0.15, -0.1) is 23.1 Å². The third kappa shape index (κ3) is 7.56. The minimum atomic E-state index is -1.79. The maximum atomic E-state index is 13.5. The number of nitrogens with one attached hydrogen (secondary N) is 1. The molecule has 1 aromatic heterocycles. The minimum absolute atomic E-state index is 0.000747. The molecule has 1 aromatic carbocycles. The number of thiazole rings is 1. The molecule has 3 aliphatic heterocycles. The second-order valence-corrected chi connectivity index (χ2v) is 15.3. The van der Waals surface area contributed by atoms with Gasteiger partial charge in [0.25, 0.3) is 17.7 Å². The number of carboxylic acids is 2. The lowest BCUT2D eigenvalue weighted by molar-refractivity contribution is -0.911. The first kappa shape index (κ1) is 37.7. The molecule has 2 atom stereocenters. The lowest BCUT2D eigenvalue weighted by atomic mass is 10.0. The summed E-state index contributed by atoms with van der Waals surface area (Å²) in [4.78, 5) is 76.1. The number of oxime groups is 1. The number of fused-ring (bicyclic) bond motifs is 1. The zero-order chi connectivity index (χ0) is 37.4. The van der Waals surface area contributed by atoms with Crippen molar-refractivity contribution in [3.8, 4) is 11.5 Å². The molecule has 0 radical (unpaired) electrons. The molecule has 5 rings (SSSR count). The van der Waals surface area contributed by atoms with Gasteiger partial charge in [-0.05, 0) is 26.0 Å². The largest absolute Gasteiger partial charge is 0.504 e. The van der Waals surface area contributed by atoms with E-state index >= 15 is 0 Å². The van der Waals surface area contributed by atoms with Gasteiger partial charge in [-0.25, -0.2) is 14.6 Å². The van der Waals surface area contributed by atoms with Gasteiger partial charge in [0.2, 0.25) is 5.60 Å². The normalized spacial score (nSPS) is 20.0. The quantitative estimate of drug-likeness (QED) is 0.0557. The summed E-state index contributed by atoms with van der Waals surface area (Å²) in [5.74, 6) is -5.40. The topological polar surface area (TPSA) is 245 Å². The van der Waals surface area contributed by atoms with E-state index in [1.807, 2.05) is 0 Å². The Bertz CT molecular complexity index is 1840. The Morgan fingerprint density at radius 2 is 1.90 bits per heavy atom. The second kappa shape index (κ2) is 14.6. The molecule has 274 valence electrons. The second-order valence-electron chi connectivity index (χ2n) is 12.9. The number of aliphatic carboxylic acids is 2. The highest BCUT2D eigenvalue weighted by Gasteiger charge is 2.55. The minimum Gasteiger partial charge on any atom is -0.504 e. The van der Waals surface area contributed by atoms with Gasteiger partial charge in [0.15, 0.2) is 22.3 Å². The third-order valence-electron chi connectivity index (χ3n) is 9.02. The fourth-order valence-corrected chi connectivity index (χ4v) is 8.20. The number of likely N-dealkylation sites (N-methyl/N-ethyl adjacent to an activating group) is 1. The summed E-state index contributed by atoms with van der Waals surface area (Å²) in [6.45, 7) is 5.00. The van der Waals surface area contributed by atoms with E-state index in [1.165, 1.54) is 52.9 Å². The number of carbonyl (C=O) groups excluding carboxylic acids is 3. The van der Waals surface area contributed by atoms with Gasteiger partial charge in [0.1, 0.15) is 29.4 Å². The summed E-state index contributed by atoms with van der Waals surface area (Å²) in [5, 5.41) is 46.3. The summed E-state index contributed by atoms with van der Waals surface area (Å²) >= 11 is 8.42. The number of aromatic nitrogens is 1. The number of halogens is 1. The summed E-state index contributed by atoms with van der Waals surface area (Å²) in [6.07, 6.45) is 1.78. The maximum absolute atomic E-state index is 13.5. The highest BCUT2D eigenvalue weighted by Crippen LogP contribution is 2.42. The zero-order valence-corrected chi connectivity index (χ0v) is 30.2. The van der Waals surface area contributed by atoms with Crippen LogP contribution in [0, 0.1) is 0 Å². The summed E-state index contributed by atoms with van der Waals surface area (Å²) in [7, 11) is 1.59. The van der Waals surface area contributed by atoms with Gasteiger partial charge in [-0.2, -0.15) is 0 Å². The molecule has 0 aliphatic carbocycles. The van der Waals surface area contributed by atoms with E-state index in [1.54, 1.807) is 7.05 Å². The van der Waals surface area contributed by atoms with Crippen LogP contribution in [0.5, 0.6) is 11.5 Å². The number of likely N-dealkylation sites (tertiary alicyclic amines) is 1. The number of carboxylic acid groups (broad SMARTS) is 2. The molecule has 7 N–H and O–H groups in total. The lowest BCUT2D eigenvalue weighted by Crippen LogP contribution is -2.71. The number of hydrogen-bond donors (Lipinski definition) is 6. The van der Waals surface area contributed by atoms with Gasteiger partial charge < -0.3 is 45.7 Å². The van der Waals surface area contributed by atoms with Gasteiger partial charge in [-0.3, -0.25) is 19.3 Å². The number of amides is 3. The van der Waals surface area contributed by atoms with Crippen LogP contribution < -0.4 is 11.1 Å². The molecule has 2 fully saturated rings. The predicted molar refractivity (Wildman–Crippen MR) is 186 cm³/mol. The first-order valence-corrected chi connectivity index (χ1v) is 18.0. The molecular formula is C31H37ClN7O10S2+. The summed E-state index contributed by atoms with van der Waals surface area (Å²) < 4.78 is 0.481. The van der Waals surface area contributed by atoms with Crippen LogP contribution in [-0.2, 0) is 24.0 Å². The van der Waals surface area contributed by atoms with Crippen molar-refractivity contribution in [3.05, 3.63) is 45.1 Å². The SMILES string of the molecule is CN(CC[N+]1(CC2=C(C(=O)O)N3C(=O)[C@@H](NC(=O)/C(=N\OC(C)(C)C(=O)O)c4csc(N)n4)[C@H]3SC2)CCCC1)C(=O)c1ccc(O)c(O)c1Cl. The van der Waals surface area contributed by atoms with Crippen molar-refractivity contribution in [2.24, 2.45) is 5.16 Å². The molecule has 3 amide bonds. The number of carbonyl (C=O) groups is 5. The number of β-lactam (4-membered cyclic amide) rings is 1. The summed E-state index contributed by atoms with van der Waals surface area (Å²) in [5.41, 5.74) is 3.95. The number of anilines is 1. The first-order chi connectivity index (χ1) is 24.0. The highest BCUT2D eigenvalue weighted by atomic mass is 35.5. The standard InChI is InChI=1S/C31H36ClN7O10S2/c1-31(2,29(47)48)49-36-20(17-14-51-30(33)34-17)24(42)35-21-26(44)38-22(28(45)46)15(13-50-27(21)38)12-39(9-4-5-10-39)11-8-37(3)25(43)16-6-7-18(40)23(41)19(16)32/h6-7,14,21,27H,4-5,8-13H2,1-3H3,(H6-,33,34,35,36,40,41,42,43,45,46,47,48)/p+1/t21-,27-/m1/s1. The first-order valence-electron chi connectivity index (χ1n) is 15.7. The lowest BCUT2D eigenvalue weighted by Gasteiger charge is -2.50. The van der Waals surface area contributed by atoms with Crippen molar-refractivity contribution in [2.45, 2.75) is 43.7 Å². The number of benzene rings is 1. The Morgan fingerprint density at radius 3 is 2.51 bits per heavy atom. The van der Waals surface area contributed by atoms with Crippen LogP contribution in [0.15, 0.2) is 33.9 Å². The average molecular weight is 767 g/mol. The van der Waals surface area contributed by atoms with Crippen molar-refractivity contribution >= 4 is 75.2 Å². The van der Waals surface area contributed by atoms with E-state index in [-0.39, 0.29) is 39.4 Å². The number of rotatable bonds is 13. The highest BCUT2D eigenvalue weighted by molar-refractivity contribution is 8.00. The molecule has 2 saturated heterocycles. The average Bonchev–Trinajstić information content (AvgIpc) is 3.73. The van der Waals surface area contributed by atoms with Crippen molar-refractivity contribution in [1.29, 1.82) is 0 Å². The van der Waals surface area contributed by atoms with Crippen LogP contribution >= 0.6 is 34.7 Å². The smallest absolute Gasteiger partial charge is 0.352 e. The van der Waals surface area contributed by atoms with Crippen LogP contribution in [0.2, 0.25) is 5.02 Å². The third-order valence-corrected chi connectivity index (χ3v) is 11.4. The van der Waals surface area contributed by atoms with E-state index in [0.29, 0.717) is 23.1 Å². The number of nitrogens with zero attached hydrogens (tertiary/aromatic N) is 5. The maximum Gasteiger partial charge on any atom is 0.352 e. The molecule has 4 heterocycles. The van der Waals surface area contributed by atoms with Crippen LogP contribution in [0.25, 0.3) is 0 Å². The van der Waals surface area contributed by atoms with Crippen LogP contribution in [0.1, 0.15) is 42.7 Å². The molecule has 0 unspecified atom stereocenters. The van der Waals surface area contributed by atoms with Gasteiger partial charge >= 0.3 is 11.9 Å². The monoisotopic (exact) mass is 766 g/mol. The van der Waals surface area contributed by atoms with Crippen molar-refractivity contribution < 1.29 is 53.7 Å². The molecule has 20 heteroatoms. The van der Waals surface area contributed by atoms with E-state index in [0.717, 1.165) is 37.3 Å². The van der Waals surface area contributed by atoms with Crippen LogP contribution in [0.4, 0.5) is 5.13 Å². The molecule has 17 nitrogen and oxygen atoms in total. The number of phenolic OH excluding ortho intramolecular Hbond substituents is 2. The van der Waals surface area contributed by atoms with E-state index in [2.05, 4.69) is 15.5 Å². The van der Waals surface area contributed by atoms with E-state index < -0.39 is 63.9 Å². The molecule has 2 aromatic rings. The van der Waals surface area contributed by atoms with E-state index in [4.69, 9.17) is 22.2 Å². The molecule has 0 bridgehead atoms. The molecule has 3 aliphatic rings. The Labute approximate surface area is 304 Å². The molecular weight excluding hydrogens is 730 g/mol. The molecule has 51 heavy (non-hydrogen) atoms. The van der Waals surface area contributed by atoms with Gasteiger partial charge in [-0.1, -0.05) is 16.8 Å². The number of hydrogen-bond acceptors (Lipinski definition) is 13. The molecule has 0 spiro atoms. The van der Waals surface area contributed by atoms with Gasteiger partial charge in [0.05, 0.1) is 36.8 Å². The van der Waals surface area contributed by atoms with Crippen molar-refractivity contribution in [2.75, 3.05) is 51.3 Å². The Hall–Kier alpha value is -4.59.